The molecule has 0 heterocycles. The number of hydrogen-bond acceptors (Lipinski definition) is 3. The first-order chi connectivity index (χ1) is 4.54. The summed E-state index contributed by atoms with van der Waals surface area (Å²) in [5.41, 5.74) is 9.81. The molecule has 5 heteroatoms. The Balaban J connectivity index is 3.49. The molecule has 0 radical (unpaired) electrons. The van der Waals surface area contributed by atoms with Gasteiger partial charge in [0, 0.05) is 6.42 Å². The Kier molecular flexibility index (Phi) is 3.42. The highest BCUT2D eigenvalue weighted by atomic mass is 16.5. The Hall–Kier alpha value is -1.10. The van der Waals surface area contributed by atoms with Gasteiger partial charge in [0.25, 0.3) is 0 Å². The summed E-state index contributed by atoms with van der Waals surface area (Å²) in [5.74, 6) is -1.64. The fraction of sp³-hybridized carbons (Fsp3) is 0.600. The summed E-state index contributed by atoms with van der Waals surface area (Å²) < 4.78 is 0. The van der Waals surface area contributed by atoms with Crippen LogP contribution in [0.5, 0.6) is 0 Å². The van der Waals surface area contributed by atoms with Gasteiger partial charge >= 0.3 is 5.97 Å². The van der Waals surface area contributed by atoms with E-state index < -0.39 is 17.9 Å². The molecule has 0 aliphatic heterocycles. The Morgan fingerprint density at radius 2 is 2.00 bits per heavy atom. The van der Waals surface area contributed by atoms with Crippen molar-refractivity contribution in [3.05, 3.63) is 0 Å². The van der Waals surface area contributed by atoms with Gasteiger partial charge in [0.05, 0.1) is 0 Å². The summed E-state index contributed by atoms with van der Waals surface area (Å²) in [6, 6.07) is -0.979. The molecule has 0 aromatic carbocycles. The predicted molar refractivity (Wildman–Crippen MR) is 34.0 cm³/mol. The van der Waals surface area contributed by atoms with Crippen LogP contribution in [0.25, 0.3) is 0 Å². The Morgan fingerprint density at radius 3 is 2.30 bits per heavy atom. The molecule has 0 aromatic rings. The molecule has 1 amide bonds. The Labute approximate surface area is 58.0 Å². The Bertz CT molecular complexity index is 146. The van der Waals surface area contributed by atoms with E-state index in [1.54, 1.807) is 0 Å². The number of carbonyl (C=O) groups excluding carboxylic acids is 1. The third-order valence-electron chi connectivity index (χ3n) is 1.02. The topological polar surface area (TPSA) is 106 Å². The van der Waals surface area contributed by atoms with Gasteiger partial charge in [0.2, 0.25) is 5.91 Å². The van der Waals surface area contributed by atoms with Crippen molar-refractivity contribution >= 4 is 11.9 Å². The van der Waals surface area contributed by atoms with Gasteiger partial charge in [-0.2, -0.15) is 0 Å². The van der Waals surface area contributed by atoms with Crippen LogP contribution in [0.4, 0.5) is 0 Å². The summed E-state index contributed by atoms with van der Waals surface area (Å²) >= 11 is 0. The van der Waals surface area contributed by atoms with E-state index in [9.17, 15) is 9.59 Å². The van der Waals surface area contributed by atoms with E-state index in [0.717, 1.165) is 0 Å². The lowest BCUT2D eigenvalue weighted by Crippen LogP contribution is -2.31. The largest absolute Gasteiger partial charge is 0.480 e. The molecule has 0 aromatic heterocycles. The minimum absolute atomic E-state index is 0.0213. The van der Waals surface area contributed by atoms with Crippen LogP contribution in [-0.2, 0) is 9.59 Å². The second-order valence-corrected chi connectivity index (χ2v) is 1.95. The molecular formula is C5H10N2O3. The number of primary amides is 1. The zero-order valence-electron chi connectivity index (χ0n) is 5.41. The number of carbonyl (C=O) groups is 2. The molecule has 0 spiro atoms. The smallest absolute Gasteiger partial charge is 0.320 e. The van der Waals surface area contributed by atoms with Crippen molar-refractivity contribution in [3.63, 3.8) is 0 Å². The Morgan fingerprint density at radius 1 is 1.50 bits per heavy atom. The van der Waals surface area contributed by atoms with Gasteiger partial charge in [-0.3, -0.25) is 9.59 Å². The van der Waals surface area contributed by atoms with Crippen molar-refractivity contribution in [2.24, 2.45) is 11.5 Å². The van der Waals surface area contributed by atoms with Gasteiger partial charge in [0.1, 0.15) is 6.04 Å². The second-order valence-electron chi connectivity index (χ2n) is 1.95. The summed E-state index contributed by atoms with van der Waals surface area (Å²) in [7, 11) is 0. The normalized spacial score (nSPS) is 12.5. The van der Waals surface area contributed by atoms with Crippen LogP contribution in [0, 0.1) is 0 Å². The van der Waals surface area contributed by atoms with Crippen LogP contribution in [0.1, 0.15) is 12.8 Å². The zero-order valence-corrected chi connectivity index (χ0v) is 5.41. The molecular weight excluding hydrogens is 143 g/mol. The molecule has 0 aliphatic carbocycles. The molecule has 0 unspecified atom stereocenters. The van der Waals surface area contributed by atoms with Gasteiger partial charge in [-0.1, -0.05) is 0 Å². The van der Waals surface area contributed by atoms with Crippen molar-refractivity contribution in [2.45, 2.75) is 18.9 Å². The zero-order chi connectivity index (χ0) is 8.15. The van der Waals surface area contributed by atoms with Gasteiger partial charge in [-0.25, -0.2) is 0 Å². The molecule has 0 bridgehead atoms. The van der Waals surface area contributed by atoms with E-state index in [-0.39, 0.29) is 12.8 Å². The first kappa shape index (κ1) is 8.90. The average molecular weight is 153 g/mol. The highest BCUT2D eigenvalue weighted by molar-refractivity contribution is 5.76. The molecule has 5 N–H and O–H groups in total. The van der Waals surface area contributed by atoms with E-state index in [2.05, 4.69) is 0 Å². The van der Waals surface area contributed by atoms with Gasteiger partial charge in [0.15, 0.2) is 0 Å². The lowest BCUT2D eigenvalue weighted by molar-refractivity contribution is -0.138. The second kappa shape index (κ2) is 3.84. The van der Waals surface area contributed by atoms with Crippen molar-refractivity contribution in [3.8, 4) is 0 Å². The van der Waals surface area contributed by atoms with Crippen molar-refractivity contribution in [1.82, 2.24) is 0 Å². The van der Waals surface area contributed by atoms with Crippen LogP contribution >= 0.6 is 0 Å². The first-order valence-corrected chi connectivity index (χ1v) is 2.80. The number of aliphatic carboxylic acids is 1. The molecule has 1 atom stereocenters. The number of hydrogen-bond donors (Lipinski definition) is 3. The highest BCUT2D eigenvalue weighted by Crippen LogP contribution is 1.92. The predicted octanol–water partition coefficient (Wildman–Crippen LogP) is -1.34. The van der Waals surface area contributed by atoms with E-state index in [1.165, 1.54) is 0 Å². The van der Waals surface area contributed by atoms with Gasteiger partial charge in [-0.15, -0.1) is 0 Å². The quantitative estimate of drug-likeness (QED) is 0.343. The summed E-state index contributed by atoms with van der Waals surface area (Å²) in [5, 5.41) is 8.22. The van der Waals surface area contributed by atoms with Crippen LogP contribution in [0.2, 0.25) is 0 Å². The van der Waals surface area contributed by atoms with Gasteiger partial charge < -0.3 is 16.6 Å². The molecule has 0 saturated carbocycles. The fourth-order valence-corrected chi connectivity index (χ4v) is 0.421. The SMILES string of the molecule is [15NH2][13C](=O)[13CH2][13CH2][13C@H]([15NH2])[13C](=O)O. The minimum atomic E-state index is -1.11. The van der Waals surface area contributed by atoms with Crippen LogP contribution in [0.3, 0.4) is 0 Å². The van der Waals surface area contributed by atoms with Crippen molar-refractivity contribution < 1.29 is 14.7 Å². The molecule has 0 fully saturated rings. The maximum absolute atomic E-state index is 10.1. The van der Waals surface area contributed by atoms with E-state index in [4.69, 9.17) is 16.6 Å². The molecule has 0 aliphatic rings. The van der Waals surface area contributed by atoms with E-state index in [1.807, 2.05) is 0 Å². The maximum Gasteiger partial charge on any atom is 0.320 e. The van der Waals surface area contributed by atoms with Crippen LogP contribution in [0.15, 0.2) is 0 Å². The first-order valence-electron chi connectivity index (χ1n) is 2.80. The summed E-state index contributed by atoms with van der Waals surface area (Å²) in [4.78, 5) is 20.1. The molecule has 0 saturated heterocycles. The van der Waals surface area contributed by atoms with Crippen LogP contribution < -0.4 is 11.5 Å². The number of carboxylic acids is 1. The van der Waals surface area contributed by atoms with Crippen molar-refractivity contribution in [1.29, 1.82) is 0 Å². The van der Waals surface area contributed by atoms with E-state index in [0.29, 0.717) is 0 Å². The third-order valence-corrected chi connectivity index (χ3v) is 1.02. The summed E-state index contributed by atoms with van der Waals surface area (Å²) in [6.45, 7) is 0. The molecule has 58 valence electrons. The lowest BCUT2D eigenvalue weighted by atomic mass is 11.1. The number of rotatable bonds is 4. The van der Waals surface area contributed by atoms with E-state index >= 15 is 0 Å². The highest BCUT2D eigenvalue weighted by Gasteiger charge is 2.11. The average Bonchev–Trinajstić information content (AvgIpc) is 1.82. The fourth-order valence-electron chi connectivity index (χ4n) is 0.421. The molecule has 10 heavy (non-hydrogen) atoms. The van der Waals surface area contributed by atoms with Gasteiger partial charge in [-0.05, 0) is 6.42 Å². The third kappa shape index (κ3) is 3.85. The standard InChI is InChI=1S/C5H10N2O3/c6-3(5(9)10)1-2-4(7)8/h3H,1-2,6H2,(H2,7,8)(H,9,10)/t3-/m0/s1/i1+1,2+1,3+1,4+1,5+1,6+1,7+1. The maximum atomic E-state index is 10.1. The monoisotopic (exact) mass is 153 g/mol. The molecule has 5 nitrogen and oxygen atoms in total. The number of amides is 1. The summed E-state index contributed by atoms with van der Waals surface area (Å²) in [6.07, 6.45) is 0.123. The lowest BCUT2D eigenvalue weighted by Gasteiger charge is -2.01. The number of nitrogens with two attached hydrogens (primary N) is 2. The minimum Gasteiger partial charge on any atom is -0.480 e. The van der Waals surface area contributed by atoms with Crippen LogP contribution in [-0.4, -0.2) is 23.0 Å². The van der Waals surface area contributed by atoms with Crippen molar-refractivity contribution in [2.75, 3.05) is 0 Å². The molecule has 0 rings (SSSR count). The number of carboxylic acid groups (broad SMARTS) is 1.